The molecule has 0 aliphatic heterocycles. The average Bonchev–Trinajstić information content (AvgIpc) is 2.36. The monoisotopic (exact) mass is 274 g/mol. The quantitative estimate of drug-likeness (QED) is 0.917. The fraction of sp³-hybridized carbons (Fsp3) is 0.462. The van der Waals surface area contributed by atoms with Crippen molar-refractivity contribution in [2.75, 3.05) is 13.6 Å². The van der Waals surface area contributed by atoms with Crippen LogP contribution in [0.1, 0.15) is 29.3 Å². The van der Waals surface area contributed by atoms with Gasteiger partial charge in [0.25, 0.3) is 5.91 Å². The second kappa shape index (κ2) is 6.06. The van der Waals surface area contributed by atoms with Crippen LogP contribution in [0.4, 0.5) is 13.2 Å². The molecule has 0 bridgehead atoms. The van der Waals surface area contributed by atoms with Gasteiger partial charge in [-0.3, -0.25) is 4.79 Å². The maximum Gasteiger partial charge on any atom is 0.416 e. The summed E-state index contributed by atoms with van der Waals surface area (Å²) in [6.07, 6.45) is -3.75. The zero-order chi connectivity index (χ0) is 14.6. The van der Waals surface area contributed by atoms with Crippen molar-refractivity contribution in [3.63, 3.8) is 0 Å². The maximum absolute atomic E-state index is 12.4. The topological polar surface area (TPSA) is 46.3 Å². The zero-order valence-electron chi connectivity index (χ0n) is 10.9. The number of alkyl halides is 3. The highest BCUT2D eigenvalue weighted by Gasteiger charge is 2.30. The Kier molecular flexibility index (Phi) is 4.94. The van der Waals surface area contributed by atoms with Gasteiger partial charge in [0, 0.05) is 18.7 Å². The van der Waals surface area contributed by atoms with E-state index in [2.05, 4.69) is 0 Å². The lowest BCUT2D eigenvalue weighted by atomic mass is 10.1. The number of hydrogen-bond acceptors (Lipinski definition) is 2. The number of carbonyl (C=O) groups is 1. The molecule has 1 aromatic carbocycles. The van der Waals surface area contributed by atoms with Gasteiger partial charge < -0.3 is 10.6 Å². The van der Waals surface area contributed by atoms with Crippen molar-refractivity contribution in [2.45, 2.75) is 25.6 Å². The van der Waals surface area contributed by atoms with E-state index in [1.165, 1.54) is 17.0 Å². The number of amides is 1. The molecule has 0 saturated carbocycles. The van der Waals surface area contributed by atoms with E-state index in [4.69, 9.17) is 5.73 Å². The molecule has 0 saturated heterocycles. The van der Waals surface area contributed by atoms with Crippen LogP contribution in [0.25, 0.3) is 0 Å². The Balaban J connectivity index is 2.84. The number of hydrogen-bond donors (Lipinski definition) is 1. The summed E-state index contributed by atoms with van der Waals surface area (Å²) >= 11 is 0. The lowest BCUT2D eigenvalue weighted by Gasteiger charge is -2.24. The average molecular weight is 274 g/mol. The van der Waals surface area contributed by atoms with Crippen LogP contribution in [0.3, 0.4) is 0 Å². The van der Waals surface area contributed by atoms with Gasteiger partial charge in [0.2, 0.25) is 0 Å². The Morgan fingerprint density at radius 3 is 2.26 bits per heavy atom. The molecule has 0 fully saturated rings. The number of halogens is 3. The van der Waals surface area contributed by atoms with E-state index in [1.54, 1.807) is 7.05 Å². The second-order valence-electron chi connectivity index (χ2n) is 4.42. The van der Waals surface area contributed by atoms with Crippen molar-refractivity contribution in [1.29, 1.82) is 0 Å². The highest BCUT2D eigenvalue weighted by atomic mass is 19.4. The van der Waals surface area contributed by atoms with Crippen LogP contribution in [-0.2, 0) is 6.18 Å². The van der Waals surface area contributed by atoms with Crippen LogP contribution in [0.15, 0.2) is 24.3 Å². The van der Waals surface area contributed by atoms with Gasteiger partial charge in [-0.2, -0.15) is 13.2 Å². The molecular formula is C13H17F3N2O. The first kappa shape index (κ1) is 15.5. The molecule has 1 atom stereocenters. The number of carbonyl (C=O) groups excluding carboxylic acids is 1. The molecule has 0 radical (unpaired) electrons. The molecule has 0 heterocycles. The third-order valence-electron chi connectivity index (χ3n) is 3.03. The molecule has 0 aromatic heterocycles. The molecule has 0 spiro atoms. The molecule has 1 amide bonds. The highest BCUT2D eigenvalue weighted by Crippen LogP contribution is 2.29. The van der Waals surface area contributed by atoms with Gasteiger partial charge in [-0.05, 0) is 44.2 Å². The summed E-state index contributed by atoms with van der Waals surface area (Å²) in [6.45, 7) is 2.29. The van der Waals surface area contributed by atoms with Crippen molar-refractivity contribution in [3.05, 3.63) is 35.4 Å². The predicted octanol–water partition coefficient (Wildman–Crippen LogP) is 2.51. The Morgan fingerprint density at radius 1 is 1.32 bits per heavy atom. The first-order valence-corrected chi connectivity index (χ1v) is 5.92. The fourth-order valence-electron chi connectivity index (χ4n) is 1.64. The largest absolute Gasteiger partial charge is 0.416 e. The van der Waals surface area contributed by atoms with Crippen LogP contribution in [-0.4, -0.2) is 30.4 Å². The molecule has 0 aliphatic carbocycles. The van der Waals surface area contributed by atoms with Crippen LogP contribution in [0, 0.1) is 0 Å². The molecule has 6 heteroatoms. The van der Waals surface area contributed by atoms with Crippen molar-refractivity contribution >= 4 is 5.91 Å². The number of nitrogens with zero attached hydrogens (tertiary/aromatic N) is 1. The minimum Gasteiger partial charge on any atom is -0.339 e. The van der Waals surface area contributed by atoms with Gasteiger partial charge in [-0.25, -0.2) is 0 Å². The van der Waals surface area contributed by atoms with Gasteiger partial charge in [0.15, 0.2) is 0 Å². The predicted molar refractivity (Wildman–Crippen MR) is 66.7 cm³/mol. The van der Waals surface area contributed by atoms with Gasteiger partial charge in [-0.15, -0.1) is 0 Å². The van der Waals surface area contributed by atoms with Crippen LogP contribution >= 0.6 is 0 Å². The Bertz CT molecular complexity index is 429. The molecule has 1 rings (SSSR count). The van der Waals surface area contributed by atoms with Crippen LogP contribution in [0.2, 0.25) is 0 Å². The smallest absolute Gasteiger partial charge is 0.339 e. The molecule has 1 unspecified atom stereocenters. The number of benzene rings is 1. The third kappa shape index (κ3) is 3.96. The molecular weight excluding hydrogens is 257 g/mol. The molecule has 1 aromatic rings. The Morgan fingerprint density at radius 2 is 1.84 bits per heavy atom. The summed E-state index contributed by atoms with van der Waals surface area (Å²) in [4.78, 5) is 13.5. The van der Waals surface area contributed by atoms with Gasteiger partial charge in [-0.1, -0.05) is 0 Å². The SMILES string of the molecule is CC(CCN)N(C)C(=O)c1ccc(C(F)(F)F)cc1. The fourth-order valence-corrected chi connectivity index (χ4v) is 1.64. The van der Waals surface area contributed by atoms with E-state index in [1.807, 2.05) is 6.92 Å². The lowest BCUT2D eigenvalue weighted by molar-refractivity contribution is -0.137. The van der Waals surface area contributed by atoms with Gasteiger partial charge in [0.1, 0.15) is 0 Å². The van der Waals surface area contributed by atoms with Crippen molar-refractivity contribution in [3.8, 4) is 0 Å². The van der Waals surface area contributed by atoms with E-state index in [0.717, 1.165) is 12.1 Å². The summed E-state index contributed by atoms with van der Waals surface area (Å²) in [7, 11) is 1.61. The Labute approximate surface area is 110 Å². The molecule has 2 N–H and O–H groups in total. The Hall–Kier alpha value is -1.56. The van der Waals surface area contributed by atoms with Crippen LogP contribution < -0.4 is 5.73 Å². The molecule has 19 heavy (non-hydrogen) atoms. The highest BCUT2D eigenvalue weighted by molar-refractivity contribution is 5.94. The van der Waals surface area contributed by atoms with E-state index >= 15 is 0 Å². The summed E-state index contributed by atoms with van der Waals surface area (Å²) in [5.41, 5.74) is 4.88. The maximum atomic E-state index is 12.4. The summed E-state index contributed by atoms with van der Waals surface area (Å²) < 4.78 is 37.2. The molecule has 0 aliphatic rings. The standard InChI is InChI=1S/C13H17F3N2O/c1-9(7-8-17)18(2)12(19)10-3-5-11(6-4-10)13(14,15)16/h3-6,9H,7-8,17H2,1-2H3. The number of nitrogens with two attached hydrogens (primary N) is 1. The lowest BCUT2D eigenvalue weighted by Crippen LogP contribution is -2.36. The van der Waals surface area contributed by atoms with E-state index in [-0.39, 0.29) is 17.5 Å². The van der Waals surface area contributed by atoms with E-state index in [9.17, 15) is 18.0 Å². The van der Waals surface area contributed by atoms with Crippen molar-refractivity contribution in [1.82, 2.24) is 4.90 Å². The van der Waals surface area contributed by atoms with Crippen molar-refractivity contribution < 1.29 is 18.0 Å². The van der Waals surface area contributed by atoms with E-state index < -0.39 is 11.7 Å². The first-order valence-electron chi connectivity index (χ1n) is 5.92. The van der Waals surface area contributed by atoms with Gasteiger partial charge >= 0.3 is 6.18 Å². The summed E-state index contributed by atoms with van der Waals surface area (Å²) in [5, 5.41) is 0. The molecule has 3 nitrogen and oxygen atoms in total. The summed E-state index contributed by atoms with van der Waals surface area (Å²) in [5.74, 6) is -0.310. The third-order valence-corrected chi connectivity index (χ3v) is 3.03. The number of rotatable bonds is 4. The summed E-state index contributed by atoms with van der Waals surface area (Å²) in [6, 6.07) is 4.15. The first-order chi connectivity index (χ1) is 8.77. The minimum absolute atomic E-state index is 0.0557. The zero-order valence-corrected chi connectivity index (χ0v) is 10.9. The van der Waals surface area contributed by atoms with Gasteiger partial charge in [0.05, 0.1) is 5.56 Å². The van der Waals surface area contributed by atoms with E-state index in [0.29, 0.717) is 13.0 Å². The normalized spacial score (nSPS) is 13.2. The molecule has 106 valence electrons. The van der Waals surface area contributed by atoms with Crippen molar-refractivity contribution in [2.24, 2.45) is 5.73 Å². The second-order valence-corrected chi connectivity index (χ2v) is 4.42. The van der Waals surface area contributed by atoms with Crippen LogP contribution in [0.5, 0.6) is 0 Å². The minimum atomic E-state index is -4.39.